The first-order chi connectivity index (χ1) is 14.0. The fraction of sp³-hybridized carbons (Fsp3) is 0.217. The fourth-order valence-electron chi connectivity index (χ4n) is 3.05. The largest absolute Gasteiger partial charge is 0.444 e. The van der Waals surface area contributed by atoms with Crippen molar-refractivity contribution < 1.29 is 9.05 Å². The standard InChI is InChI=1S/C23H26O2P2S2/c1-3-4-18-24-26(2,28)25-20-12-11-17-23(19-20)27(29,21-13-7-5-8-14-21)22-15-9-6-10-16-22/h5-17,19H,3-4,18H2,1-2H3. The maximum Gasteiger partial charge on any atom is 0.235 e. The molecule has 6 heteroatoms. The second-order valence-electron chi connectivity index (χ2n) is 6.83. The molecule has 0 saturated carbocycles. The highest BCUT2D eigenvalue weighted by atomic mass is 32.5. The Bertz CT molecular complexity index is 980. The zero-order valence-corrected chi connectivity index (χ0v) is 20.2. The van der Waals surface area contributed by atoms with Crippen molar-refractivity contribution in [3.63, 3.8) is 0 Å². The third kappa shape index (κ3) is 5.66. The van der Waals surface area contributed by atoms with E-state index < -0.39 is 12.5 Å². The summed E-state index contributed by atoms with van der Waals surface area (Å²) in [5, 5.41) is 3.41. The summed E-state index contributed by atoms with van der Waals surface area (Å²) in [5.41, 5.74) is 0. The number of hydrogen-bond acceptors (Lipinski definition) is 4. The van der Waals surface area contributed by atoms with Gasteiger partial charge >= 0.3 is 0 Å². The van der Waals surface area contributed by atoms with Gasteiger partial charge in [0.2, 0.25) is 6.49 Å². The normalized spacial score (nSPS) is 13.6. The van der Waals surface area contributed by atoms with Crippen molar-refractivity contribution in [3.8, 4) is 5.75 Å². The van der Waals surface area contributed by atoms with Gasteiger partial charge in [-0.3, -0.25) is 0 Å². The second kappa shape index (κ2) is 10.2. The molecule has 0 N–H and O–H groups in total. The van der Waals surface area contributed by atoms with Gasteiger partial charge < -0.3 is 9.05 Å². The number of unbranched alkanes of at least 4 members (excludes halogenated alkanes) is 1. The molecule has 0 radical (unpaired) electrons. The molecule has 0 aliphatic heterocycles. The lowest BCUT2D eigenvalue weighted by molar-refractivity contribution is 0.308. The summed E-state index contributed by atoms with van der Waals surface area (Å²) in [4.78, 5) is 0. The van der Waals surface area contributed by atoms with Crippen molar-refractivity contribution in [1.82, 2.24) is 0 Å². The summed E-state index contributed by atoms with van der Waals surface area (Å²) >= 11 is 12.0. The van der Waals surface area contributed by atoms with Crippen LogP contribution in [-0.2, 0) is 28.1 Å². The maximum absolute atomic E-state index is 6.40. The highest BCUT2D eigenvalue weighted by Gasteiger charge is 2.25. The Morgan fingerprint density at radius 2 is 1.31 bits per heavy atom. The van der Waals surface area contributed by atoms with Crippen molar-refractivity contribution in [2.24, 2.45) is 0 Å². The van der Waals surface area contributed by atoms with E-state index in [9.17, 15) is 0 Å². The minimum atomic E-state index is -2.35. The molecule has 0 saturated heterocycles. The van der Waals surface area contributed by atoms with Crippen LogP contribution in [0.3, 0.4) is 0 Å². The zero-order valence-electron chi connectivity index (χ0n) is 16.7. The van der Waals surface area contributed by atoms with Gasteiger partial charge in [-0.05, 0) is 46.3 Å². The van der Waals surface area contributed by atoms with Crippen molar-refractivity contribution >= 4 is 52.1 Å². The molecular weight excluding hydrogens is 434 g/mol. The van der Waals surface area contributed by atoms with Crippen LogP contribution in [0.4, 0.5) is 0 Å². The molecule has 1 unspecified atom stereocenters. The van der Waals surface area contributed by atoms with E-state index in [4.69, 9.17) is 32.7 Å². The Hall–Kier alpha value is -1.28. The average Bonchev–Trinajstić information content (AvgIpc) is 2.74. The SMILES string of the molecule is CCCCOP(C)(=S)Oc1cccc(P(=S)(c2ccccc2)c2ccccc2)c1. The van der Waals surface area contributed by atoms with Crippen LogP contribution in [0.2, 0.25) is 0 Å². The maximum atomic E-state index is 6.40. The third-order valence-electron chi connectivity index (χ3n) is 4.52. The molecule has 0 spiro atoms. The zero-order chi connectivity index (χ0) is 20.7. The summed E-state index contributed by atoms with van der Waals surface area (Å²) < 4.78 is 12.0. The van der Waals surface area contributed by atoms with Crippen LogP contribution >= 0.6 is 12.5 Å². The van der Waals surface area contributed by atoms with Crippen LogP contribution in [0.15, 0.2) is 84.9 Å². The molecule has 2 nitrogen and oxygen atoms in total. The molecule has 1 atom stereocenters. The Balaban J connectivity index is 2.00. The molecule has 0 aliphatic rings. The predicted molar refractivity (Wildman–Crippen MR) is 134 cm³/mol. The van der Waals surface area contributed by atoms with Crippen molar-refractivity contribution in [2.75, 3.05) is 13.3 Å². The van der Waals surface area contributed by atoms with E-state index >= 15 is 0 Å². The Labute approximate surface area is 184 Å². The van der Waals surface area contributed by atoms with Crippen molar-refractivity contribution in [1.29, 1.82) is 0 Å². The van der Waals surface area contributed by atoms with Crippen molar-refractivity contribution in [3.05, 3.63) is 84.9 Å². The highest BCUT2D eigenvalue weighted by molar-refractivity contribution is 8.25. The summed E-state index contributed by atoms with van der Waals surface area (Å²) in [5.74, 6) is 0.728. The first kappa shape index (κ1) is 22.4. The van der Waals surface area contributed by atoms with Crippen LogP contribution < -0.4 is 20.4 Å². The Kier molecular flexibility index (Phi) is 7.85. The number of hydrogen-bond donors (Lipinski definition) is 0. The molecule has 3 aromatic carbocycles. The molecule has 0 amide bonds. The van der Waals surface area contributed by atoms with Crippen LogP contribution in [0, 0.1) is 0 Å². The van der Waals surface area contributed by atoms with E-state index in [1.54, 1.807) is 0 Å². The van der Waals surface area contributed by atoms with E-state index in [-0.39, 0.29) is 0 Å². The van der Waals surface area contributed by atoms with Crippen LogP contribution in [0.5, 0.6) is 5.75 Å². The molecular formula is C23H26O2P2S2. The molecule has 3 aromatic rings. The van der Waals surface area contributed by atoms with E-state index in [0.717, 1.165) is 34.5 Å². The van der Waals surface area contributed by atoms with Gasteiger partial charge in [0, 0.05) is 12.7 Å². The molecule has 29 heavy (non-hydrogen) atoms. The Morgan fingerprint density at radius 1 is 0.759 bits per heavy atom. The number of benzene rings is 3. The van der Waals surface area contributed by atoms with Gasteiger partial charge in [0.15, 0.2) is 0 Å². The van der Waals surface area contributed by atoms with E-state index in [1.807, 2.05) is 55.2 Å². The molecule has 0 heterocycles. The summed E-state index contributed by atoms with van der Waals surface area (Å²) in [6.07, 6.45) is 2.06. The fourth-order valence-corrected chi connectivity index (χ4v) is 8.30. The minimum absolute atomic E-state index is 0.635. The summed E-state index contributed by atoms with van der Waals surface area (Å²) in [7, 11) is 0. The monoisotopic (exact) mass is 460 g/mol. The average molecular weight is 461 g/mol. The summed E-state index contributed by atoms with van der Waals surface area (Å²) in [6.45, 7) is 2.30. The molecule has 152 valence electrons. The molecule has 0 bridgehead atoms. The van der Waals surface area contributed by atoms with Crippen LogP contribution in [0.25, 0.3) is 0 Å². The van der Waals surface area contributed by atoms with Gasteiger partial charge in [0.25, 0.3) is 0 Å². The molecule has 3 rings (SSSR count). The summed E-state index contributed by atoms with van der Waals surface area (Å²) in [6, 6.07) is 26.6. The predicted octanol–water partition coefficient (Wildman–Crippen LogP) is 5.58. The van der Waals surface area contributed by atoms with Gasteiger partial charge in [0.05, 0.1) is 6.61 Å². The van der Waals surface area contributed by atoms with Gasteiger partial charge in [-0.25, -0.2) is 0 Å². The lowest BCUT2D eigenvalue weighted by atomic mass is 10.3. The van der Waals surface area contributed by atoms with Gasteiger partial charge in [-0.15, -0.1) is 0 Å². The van der Waals surface area contributed by atoms with Crippen LogP contribution in [0.1, 0.15) is 19.8 Å². The smallest absolute Gasteiger partial charge is 0.235 e. The second-order valence-corrected chi connectivity index (χ2v) is 15.2. The topological polar surface area (TPSA) is 18.5 Å². The molecule has 0 aromatic heterocycles. The van der Waals surface area contributed by atoms with E-state index in [0.29, 0.717) is 6.61 Å². The lowest BCUT2D eigenvalue weighted by Gasteiger charge is -2.25. The molecule has 0 aliphatic carbocycles. The third-order valence-corrected chi connectivity index (χ3v) is 11.2. The van der Waals surface area contributed by atoms with Crippen molar-refractivity contribution in [2.45, 2.75) is 19.8 Å². The Morgan fingerprint density at radius 3 is 1.86 bits per heavy atom. The lowest BCUT2D eigenvalue weighted by Crippen LogP contribution is -2.24. The van der Waals surface area contributed by atoms with E-state index in [2.05, 4.69) is 43.3 Å². The molecule has 0 fully saturated rings. The van der Waals surface area contributed by atoms with Gasteiger partial charge in [-0.2, -0.15) is 0 Å². The van der Waals surface area contributed by atoms with Gasteiger partial charge in [-0.1, -0.05) is 97.9 Å². The highest BCUT2D eigenvalue weighted by Crippen LogP contribution is 2.47. The number of rotatable bonds is 9. The van der Waals surface area contributed by atoms with Gasteiger partial charge in [0.1, 0.15) is 5.75 Å². The first-order valence-corrected chi connectivity index (χ1v) is 15.6. The van der Waals surface area contributed by atoms with E-state index in [1.165, 1.54) is 0 Å². The quantitative estimate of drug-likeness (QED) is 0.307. The van der Waals surface area contributed by atoms with Crippen LogP contribution in [-0.4, -0.2) is 13.3 Å². The minimum Gasteiger partial charge on any atom is -0.444 e. The first-order valence-electron chi connectivity index (χ1n) is 9.69.